The Morgan fingerprint density at radius 2 is 1.78 bits per heavy atom. The number of carbonyl (C=O) groups is 2. The fourth-order valence-corrected chi connectivity index (χ4v) is 4.58. The average Bonchev–Trinajstić information content (AvgIpc) is 3.42. The quantitative estimate of drug-likeness (QED) is 0.679. The maximum Gasteiger partial charge on any atom is 0.250 e. The van der Waals surface area contributed by atoms with E-state index in [2.05, 4.69) is 17.4 Å². The molecule has 1 aromatic heterocycles. The first-order valence-electron chi connectivity index (χ1n) is 11.0. The molecule has 1 fully saturated rings. The molecule has 0 radical (unpaired) electrons. The summed E-state index contributed by atoms with van der Waals surface area (Å²) >= 11 is 0. The summed E-state index contributed by atoms with van der Waals surface area (Å²) in [7, 11) is 0. The van der Waals surface area contributed by atoms with E-state index in [0.29, 0.717) is 18.8 Å². The lowest BCUT2D eigenvalue weighted by Crippen LogP contribution is -2.28. The van der Waals surface area contributed by atoms with Crippen LogP contribution in [0.5, 0.6) is 0 Å². The molecule has 6 nitrogen and oxygen atoms in total. The normalized spacial score (nSPS) is 17.4. The van der Waals surface area contributed by atoms with Crippen LogP contribution < -0.4 is 15.8 Å². The van der Waals surface area contributed by atoms with Crippen molar-refractivity contribution in [3.05, 3.63) is 93.9 Å². The van der Waals surface area contributed by atoms with E-state index in [9.17, 15) is 14.4 Å². The molecule has 3 aromatic rings. The summed E-state index contributed by atoms with van der Waals surface area (Å²) in [5, 5.41) is 2.93. The van der Waals surface area contributed by atoms with Crippen LogP contribution in [-0.4, -0.2) is 22.9 Å². The Balaban J connectivity index is 1.22. The highest BCUT2D eigenvalue weighted by Gasteiger charge is 2.35. The summed E-state index contributed by atoms with van der Waals surface area (Å²) in [6, 6.07) is 18.7. The van der Waals surface area contributed by atoms with Crippen LogP contribution in [0.15, 0.2) is 71.7 Å². The minimum absolute atomic E-state index is 0.00764. The van der Waals surface area contributed by atoms with Gasteiger partial charge in [-0.25, -0.2) is 0 Å². The minimum atomic E-state index is -0.377. The molecule has 1 N–H and O–H groups in total. The van der Waals surface area contributed by atoms with Crippen molar-refractivity contribution in [3.63, 3.8) is 0 Å². The van der Waals surface area contributed by atoms with Gasteiger partial charge in [-0.3, -0.25) is 14.4 Å². The Kier molecular flexibility index (Phi) is 5.35. The second kappa shape index (κ2) is 8.46. The Labute approximate surface area is 186 Å². The Bertz CT molecular complexity index is 1230. The van der Waals surface area contributed by atoms with Crippen molar-refractivity contribution in [2.75, 3.05) is 16.8 Å². The molecule has 1 aliphatic carbocycles. The number of rotatable bonds is 5. The van der Waals surface area contributed by atoms with E-state index in [1.807, 2.05) is 36.4 Å². The molecule has 1 atom stereocenters. The topological polar surface area (TPSA) is 71.4 Å². The van der Waals surface area contributed by atoms with Crippen molar-refractivity contribution >= 4 is 23.2 Å². The number of fused-ring (bicyclic) bond motifs is 1. The molecule has 162 valence electrons. The second-order valence-corrected chi connectivity index (χ2v) is 8.56. The molecule has 2 heterocycles. The monoisotopic (exact) mass is 427 g/mol. The molecule has 32 heavy (non-hydrogen) atoms. The van der Waals surface area contributed by atoms with Gasteiger partial charge in [0.25, 0.3) is 5.56 Å². The lowest BCUT2D eigenvalue weighted by Gasteiger charge is -2.18. The zero-order chi connectivity index (χ0) is 22.1. The van der Waals surface area contributed by atoms with Crippen molar-refractivity contribution < 1.29 is 9.59 Å². The summed E-state index contributed by atoms with van der Waals surface area (Å²) in [6.45, 7) is 0.874. The van der Waals surface area contributed by atoms with E-state index in [0.717, 1.165) is 24.1 Å². The van der Waals surface area contributed by atoms with Gasteiger partial charge >= 0.3 is 0 Å². The van der Waals surface area contributed by atoms with E-state index in [4.69, 9.17) is 0 Å². The molecule has 1 aliphatic heterocycles. The number of pyridine rings is 1. The van der Waals surface area contributed by atoms with Gasteiger partial charge in [0.05, 0.1) is 12.5 Å². The number of amides is 2. The van der Waals surface area contributed by atoms with Gasteiger partial charge in [-0.15, -0.1) is 0 Å². The molecule has 1 unspecified atom stereocenters. The van der Waals surface area contributed by atoms with Crippen molar-refractivity contribution in [2.45, 2.75) is 32.2 Å². The number of aromatic nitrogens is 1. The highest BCUT2D eigenvalue weighted by atomic mass is 16.2. The van der Waals surface area contributed by atoms with Gasteiger partial charge in [0.2, 0.25) is 11.8 Å². The van der Waals surface area contributed by atoms with E-state index in [1.54, 1.807) is 21.7 Å². The number of anilines is 2. The maximum absolute atomic E-state index is 12.8. The third-order valence-electron chi connectivity index (χ3n) is 6.36. The Hall–Kier alpha value is -3.67. The van der Waals surface area contributed by atoms with E-state index in [1.165, 1.54) is 23.6 Å². The van der Waals surface area contributed by atoms with E-state index < -0.39 is 0 Å². The zero-order valence-corrected chi connectivity index (χ0v) is 17.8. The van der Waals surface area contributed by atoms with Crippen LogP contribution in [0, 0.1) is 5.92 Å². The van der Waals surface area contributed by atoms with Crippen LogP contribution in [0.3, 0.4) is 0 Å². The first kappa shape index (κ1) is 20.2. The zero-order valence-electron chi connectivity index (χ0n) is 17.8. The van der Waals surface area contributed by atoms with Gasteiger partial charge in [-0.05, 0) is 66.3 Å². The molecule has 0 bridgehead atoms. The number of carbonyl (C=O) groups excluding carboxylic acids is 2. The van der Waals surface area contributed by atoms with E-state index in [-0.39, 0.29) is 29.7 Å². The smallest absolute Gasteiger partial charge is 0.250 e. The summed E-state index contributed by atoms with van der Waals surface area (Å²) in [6.07, 6.45) is 5.30. The fourth-order valence-electron chi connectivity index (χ4n) is 4.58. The van der Waals surface area contributed by atoms with Crippen molar-refractivity contribution in [1.29, 1.82) is 0 Å². The fraction of sp³-hybridized carbons (Fsp3) is 0.269. The highest BCUT2D eigenvalue weighted by Crippen LogP contribution is 2.31. The van der Waals surface area contributed by atoms with Gasteiger partial charge in [0, 0.05) is 36.6 Å². The Morgan fingerprint density at radius 3 is 2.59 bits per heavy atom. The molecule has 2 aliphatic rings. The highest BCUT2D eigenvalue weighted by molar-refractivity contribution is 6.03. The number of nitrogens with one attached hydrogen (secondary N) is 1. The van der Waals surface area contributed by atoms with Crippen molar-refractivity contribution in [3.8, 4) is 0 Å². The predicted molar refractivity (Wildman–Crippen MR) is 124 cm³/mol. The van der Waals surface area contributed by atoms with Gasteiger partial charge in [-0.2, -0.15) is 0 Å². The van der Waals surface area contributed by atoms with E-state index >= 15 is 0 Å². The van der Waals surface area contributed by atoms with Gasteiger partial charge in [0.15, 0.2) is 0 Å². The average molecular weight is 428 g/mol. The SMILES string of the molecule is O=C(Nc1ccc(Cn2ccccc2=O)cc1)C1CC(=O)N(c2ccc3c(c2)CCC3)C1. The van der Waals surface area contributed by atoms with Crippen LogP contribution >= 0.6 is 0 Å². The molecular weight excluding hydrogens is 402 g/mol. The van der Waals surface area contributed by atoms with Crippen LogP contribution in [0.25, 0.3) is 0 Å². The third kappa shape index (κ3) is 4.08. The standard InChI is InChI=1S/C26H25N3O3/c30-24-6-1-2-13-28(24)16-18-7-10-22(11-8-18)27-26(32)21-15-25(31)29(17-21)23-12-9-19-4-3-5-20(19)14-23/h1-2,6-14,21H,3-5,15-17H2,(H,27,32). The first-order chi connectivity index (χ1) is 15.6. The molecule has 5 rings (SSSR count). The molecule has 0 saturated carbocycles. The number of aryl methyl sites for hydroxylation is 2. The molecule has 1 saturated heterocycles. The largest absolute Gasteiger partial charge is 0.326 e. The molecular formula is C26H25N3O3. The summed E-state index contributed by atoms with van der Waals surface area (Å²) in [5.74, 6) is -0.529. The molecule has 6 heteroatoms. The third-order valence-corrected chi connectivity index (χ3v) is 6.36. The summed E-state index contributed by atoms with van der Waals surface area (Å²) in [5.41, 5.74) is 5.18. The van der Waals surface area contributed by atoms with Crippen molar-refractivity contribution in [1.82, 2.24) is 4.57 Å². The predicted octanol–water partition coefficient (Wildman–Crippen LogP) is 3.38. The van der Waals surface area contributed by atoms with Gasteiger partial charge in [-0.1, -0.05) is 24.3 Å². The lowest BCUT2D eigenvalue weighted by atomic mass is 10.1. The second-order valence-electron chi connectivity index (χ2n) is 8.56. The van der Waals surface area contributed by atoms with Crippen LogP contribution in [0.2, 0.25) is 0 Å². The summed E-state index contributed by atoms with van der Waals surface area (Å²) in [4.78, 5) is 39.0. The van der Waals surface area contributed by atoms with Gasteiger partial charge in [0.1, 0.15) is 0 Å². The lowest BCUT2D eigenvalue weighted by molar-refractivity contribution is -0.122. The summed E-state index contributed by atoms with van der Waals surface area (Å²) < 4.78 is 1.63. The Morgan fingerprint density at radius 1 is 0.969 bits per heavy atom. The molecule has 0 spiro atoms. The van der Waals surface area contributed by atoms with Crippen LogP contribution in [-0.2, 0) is 29.0 Å². The van der Waals surface area contributed by atoms with Crippen LogP contribution in [0.4, 0.5) is 11.4 Å². The number of benzene rings is 2. The van der Waals surface area contributed by atoms with Crippen molar-refractivity contribution in [2.24, 2.45) is 5.92 Å². The molecule has 2 aromatic carbocycles. The molecule has 2 amide bonds. The number of nitrogens with zero attached hydrogens (tertiary/aromatic N) is 2. The minimum Gasteiger partial charge on any atom is -0.326 e. The number of hydrogen-bond donors (Lipinski definition) is 1. The van der Waals surface area contributed by atoms with Crippen LogP contribution in [0.1, 0.15) is 29.5 Å². The maximum atomic E-state index is 12.8. The number of hydrogen-bond acceptors (Lipinski definition) is 3. The first-order valence-corrected chi connectivity index (χ1v) is 11.0. The van der Waals surface area contributed by atoms with Gasteiger partial charge < -0.3 is 14.8 Å².